The summed E-state index contributed by atoms with van der Waals surface area (Å²) >= 11 is 0. The van der Waals surface area contributed by atoms with Crippen LogP contribution in [0.5, 0.6) is 5.75 Å². The number of anilines is 1. The SMILES string of the molecule is CC(=O)Nc1ccc(C(=O)N(CCCCC[C@@H]2Cc3cc(O)ccc3C3C2C2CC[C@H](O)[C@@]2(C)C[C@@H]3F)CC2CCCCC2)cc1. The van der Waals surface area contributed by atoms with Gasteiger partial charge in [0.2, 0.25) is 5.91 Å². The van der Waals surface area contributed by atoms with Crippen molar-refractivity contribution in [2.45, 2.75) is 116 Å². The van der Waals surface area contributed by atoms with Crippen LogP contribution in [0.1, 0.15) is 118 Å². The monoisotopic (exact) mass is 632 g/mol. The molecule has 3 N–H and O–H groups in total. The number of benzene rings is 2. The second kappa shape index (κ2) is 14.0. The van der Waals surface area contributed by atoms with E-state index in [1.807, 2.05) is 24.3 Å². The number of rotatable bonds is 10. The number of aliphatic hydroxyl groups excluding tert-OH is 1. The molecule has 2 aromatic rings. The molecular weight excluding hydrogens is 579 g/mol. The van der Waals surface area contributed by atoms with Crippen LogP contribution in [0.4, 0.5) is 10.1 Å². The number of hydrogen-bond donors (Lipinski definition) is 3. The molecule has 0 aliphatic heterocycles. The maximum atomic E-state index is 16.1. The summed E-state index contributed by atoms with van der Waals surface area (Å²) in [7, 11) is 0. The fourth-order valence-corrected chi connectivity index (χ4v) is 9.96. The number of nitrogens with one attached hydrogen (secondary N) is 1. The van der Waals surface area contributed by atoms with Crippen molar-refractivity contribution in [1.82, 2.24) is 4.90 Å². The molecule has 46 heavy (non-hydrogen) atoms. The van der Waals surface area contributed by atoms with Crippen LogP contribution in [0.2, 0.25) is 0 Å². The first-order chi connectivity index (χ1) is 22.1. The van der Waals surface area contributed by atoms with Crippen LogP contribution in [0.25, 0.3) is 0 Å². The second-order valence-electron chi connectivity index (χ2n) is 15.2. The van der Waals surface area contributed by atoms with Gasteiger partial charge in [-0.05, 0) is 128 Å². The highest BCUT2D eigenvalue weighted by Gasteiger charge is 2.59. The number of halogens is 1. The molecule has 6 rings (SSSR count). The second-order valence-corrected chi connectivity index (χ2v) is 15.2. The van der Waals surface area contributed by atoms with Crippen LogP contribution in [-0.2, 0) is 11.2 Å². The van der Waals surface area contributed by atoms with Crippen molar-refractivity contribution >= 4 is 17.5 Å². The van der Waals surface area contributed by atoms with E-state index in [1.54, 1.807) is 18.2 Å². The Morgan fingerprint density at radius 1 is 1.00 bits per heavy atom. The van der Waals surface area contributed by atoms with Gasteiger partial charge < -0.3 is 20.4 Å². The van der Waals surface area contributed by atoms with Crippen molar-refractivity contribution < 1.29 is 24.2 Å². The maximum Gasteiger partial charge on any atom is 0.253 e. The number of aliphatic hydroxyl groups is 1. The molecule has 2 aromatic carbocycles. The van der Waals surface area contributed by atoms with E-state index in [9.17, 15) is 19.8 Å². The highest BCUT2D eigenvalue weighted by atomic mass is 19.1. The molecule has 2 amide bonds. The van der Waals surface area contributed by atoms with Gasteiger partial charge in [0.15, 0.2) is 0 Å². The van der Waals surface area contributed by atoms with Gasteiger partial charge in [0.05, 0.1) is 6.10 Å². The molecular formula is C39H53FN2O4. The minimum absolute atomic E-state index is 0.0572. The Hall–Kier alpha value is -2.93. The zero-order valence-corrected chi connectivity index (χ0v) is 27.7. The molecule has 4 aliphatic carbocycles. The van der Waals surface area contributed by atoms with E-state index in [1.165, 1.54) is 39.0 Å². The van der Waals surface area contributed by atoms with E-state index < -0.39 is 12.3 Å². The third-order valence-corrected chi connectivity index (χ3v) is 12.2. The van der Waals surface area contributed by atoms with Crippen LogP contribution in [-0.4, -0.2) is 52.3 Å². The summed E-state index contributed by atoms with van der Waals surface area (Å²) in [5.74, 6) is 1.38. The molecule has 6 nitrogen and oxygen atoms in total. The Morgan fingerprint density at radius 2 is 1.76 bits per heavy atom. The number of carbonyl (C=O) groups is 2. The van der Waals surface area contributed by atoms with E-state index in [2.05, 4.69) is 17.1 Å². The molecule has 0 heterocycles. The Balaban J connectivity index is 1.11. The van der Waals surface area contributed by atoms with E-state index >= 15 is 4.39 Å². The van der Waals surface area contributed by atoms with Gasteiger partial charge in [-0.3, -0.25) is 9.59 Å². The molecule has 0 aromatic heterocycles. The number of phenolic OH excluding ortho intramolecular Hbond substituents is 1. The summed E-state index contributed by atoms with van der Waals surface area (Å²) in [5, 5.41) is 24.0. The number of amides is 2. The van der Waals surface area contributed by atoms with Gasteiger partial charge in [0.1, 0.15) is 11.9 Å². The molecule has 250 valence electrons. The van der Waals surface area contributed by atoms with Crippen molar-refractivity contribution in [3.63, 3.8) is 0 Å². The van der Waals surface area contributed by atoms with Gasteiger partial charge in [0, 0.05) is 37.2 Å². The molecule has 4 aliphatic rings. The number of fused-ring (bicyclic) bond motifs is 5. The number of alkyl halides is 1. The van der Waals surface area contributed by atoms with Crippen molar-refractivity contribution in [3.8, 4) is 5.75 Å². The minimum atomic E-state index is -0.989. The highest BCUT2D eigenvalue weighted by Crippen LogP contribution is 2.63. The van der Waals surface area contributed by atoms with Crippen molar-refractivity contribution in [2.75, 3.05) is 18.4 Å². The summed E-state index contributed by atoms with van der Waals surface area (Å²) in [6.45, 7) is 5.10. The number of aromatic hydroxyl groups is 1. The largest absolute Gasteiger partial charge is 0.508 e. The molecule has 3 fully saturated rings. The van der Waals surface area contributed by atoms with Gasteiger partial charge in [-0.15, -0.1) is 0 Å². The first-order valence-corrected chi connectivity index (χ1v) is 17.9. The minimum Gasteiger partial charge on any atom is -0.508 e. The van der Waals surface area contributed by atoms with Gasteiger partial charge in [-0.1, -0.05) is 45.1 Å². The summed E-state index contributed by atoms with van der Waals surface area (Å²) in [6, 6.07) is 12.7. The Labute approximate surface area is 274 Å². The predicted molar refractivity (Wildman–Crippen MR) is 180 cm³/mol. The lowest BCUT2D eigenvalue weighted by molar-refractivity contribution is -0.114. The standard InChI is InChI=1S/C39H53FN2O4/c1-25(43)41-30-14-12-27(13-15-30)38(46)42(24-26-9-5-3-6-10-26)20-8-4-7-11-28-21-29-22-31(44)16-17-32(29)37-34(40)23-39(2)33(36(28)37)18-19-35(39)45/h12-17,22,26,28,33-37,44-45H,3-11,18-21,23-24H2,1-2H3,(H,41,43)/t28-,33?,34+,35+,36?,37?,39+/m1/s1. The third kappa shape index (κ3) is 6.86. The molecule has 0 bridgehead atoms. The topological polar surface area (TPSA) is 89.9 Å². The maximum absolute atomic E-state index is 16.1. The summed E-state index contributed by atoms with van der Waals surface area (Å²) in [6.07, 6.45) is 11.6. The zero-order valence-electron chi connectivity index (χ0n) is 27.7. The Kier molecular flexibility index (Phi) is 10.1. The van der Waals surface area contributed by atoms with Crippen molar-refractivity contribution in [3.05, 3.63) is 59.2 Å². The first-order valence-electron chi connectivity index (χ1n) is 17.9. The molecule has 0 saturated heterocycles. The van der Waals surface area contributed by atoms with Crippen LogP contribution in [0.3, 0.4) is 0 Å². The molecule has 0 spiro atoms. The van der Waals surface area contributed by atoms with E-state index in [0.29, 0.717) is 35.4 Å². The predicted octanol–water partition coefficient (Wildman–Crippen LogP) is 8.02. The normalized spacial score (nSPS) is 30.6. The molecule has 3 unspecified atom stereocenters. The smallest absolute Gasteiger partial charge is 0.253 e. The van der Waals surface area contributed by atoms with Crippen molar-refractivity contribution in [1.29, 1.82) is 0 Å². The third-order valence-electron chi connectivity index (χ3n) is 12.2. The van der Waals surface area contributed by atoms with Gasteiger partial charge in [-0.2, -0.15) is 0 Å². The van der Waals surface area contributed by atoms with Gasteiger partial charge in [0.25, 0.3) is 5.91 Å². The lowest BCUT2D eigenvalue weighted by atomic mass is 9.51. The van der Waals surface area contributed by atoms with E-state index in [-0.39, 0.29) is 34.8 Å². The lowest BCUT2D eigenvalue weighted by Crippen LogP contribution is -2.51. The number of nitrogens with zero attached hydrogens (tertiary/aromatic N) is 1. The summed E-state index contributed by atoms with van der Waals surface area (Å²) in [5.41, 5.74) is 3.13. The van der Waals surface area contributed by atoms with E-state index in [4.69, 9.17) is 0 Å². The number of unbranched alkanes of at least 4 members (excludes halogenated alkanes) is 2. The zero-order chi connectivity index (χ0) is 32.4. The number of carbonyl (C=O) groups excluding carboxylic acids is 2. The fraction of sp³-hybridized carbons (Fsp3) is 0.641. The van der Waals surface area contributed by atoms with Crippen molar-refractivity contribution in [2.24, 2.45) is 29.1 Å². The number of phenols is 1. The van der Waals surface area contributed by atoms with Crippen LogP contribution in [0, 0.1) is 29.1 Å². The molecule has 7 atom stereocenters. The van der Waals surface area contributed by atoms with Crippen LogP contribution < -0.4 is 5.32 Å². The van der Waals surface area contributed by atoms with Gasteiger partial charge in [-0.25, -0.2) is 4.39 Å². The van der Waals surface area contributed by atoms with Crippen LogP contribution in [0.15, 0.2) is 42.5 Å². The Bertz CT molecular complexity index is 1370. The van der Waals surface area contributed by atoms with Gasteiger partial charge >= 0.3 is 0 Å². The lowest BCUT2D eigenvalue weighted by Gasteiger charge is -2.54. The first kappa shape index (κ1) is 33.0. The Morgan fingerprint density at radius 3 is 2.50 bits per heavy atom. The quantitative estimate of drug-likeness (QED) is 0.232. The summed E-state index contributed by atoms with van der Waals surface area (Å²) in [4.78, 5) is 27.2. The number of hydrogen-bond acceptors (Lipinski definition) is 4. The van der Waals surface area contributed by atoms with E-state index in [0.717, 1.165) is 69.2 Å². The highest BCUT2D eigenvalue weighted by molar-refractivity contribution is 5.95. The average molecular weight is 633 g/mol. The fourth-order valence-electron chi connectivity index (χ4n) is 9.96. The van der Waals surface area contributed by atoms with Crippen LogP contribution >= 0.6 is 0 Å². The molecule has 3 saturated carbocycles. The molecule has 0 radical (unpaired) electrons. The summed E-state index contributed by atoms with van der Waals surface area (Å²) < 4.78 is 16.1. The average Bonchev–Trinajstić information content (AvgIpc) is 3.33. The molecule has 7 heteroatoms.